The van der Waals surface area contributed by atoms with E-state index in [0.29, 0.717) is 41.8 Å². The van der Waals surface area contributed by atoms with Crippen LogP contribution in [0.1, 0.15) is 74.4 Å². The fraction of sp³-hybridized carbons (Fsp3) is 0.235. The fourth-order valence-corrected chi connectivity index (χ4v) is 4.91. The summed E-state index contributed by atoms with van der Waals surface area (Å²) in [5.41, 5.74) is 32.8. The lowest BCUT2D eigenvalue weighted by Gasteiger charge is -2.09. The largest absolute Gasteiger partial charge is 0.478 e. The van der Waals surface area contributed by atoms with Crippen LogP contribution < -0.4 is 22.9 Å². The quantitative estimate of drug-likeness (QED) is 0.126. The van der Waals surface area contributed by atoms with Crippen LogP contribution in [0.15, 0.2) is 72.8 Å². The van der Waals surface area contributed by atoms with Gasteiger partial charge in [-0.05, 0) is 120 Å². The van der Waals surface area contributed by atoms with Crippen molar-refractivity contribution in [2.45, 2.75) is 52.4 Å². The van der Waals surface area contributed by atoms with E-state index in [1.807, 2.05) is 12.1 Å². The number of rotatable bonds is 10. The second-order valence-corrected chi connectivity index (χ2v) is 10.2. The summed E-state index contributed by atoms with van der Waals surface area (Å²) >= 11 is 0. The van der Waals surface area contributed by atoms with Crippen molar-refractivity contribution in [1.82, 2.24) is 0 Å². The Morgan fingerprint density at radius 3 is 1.33 bits per heavy atom. The highest BCUT2D eigenvalue weighted by Gasteiger charge is 2.13. The number of carboxylic acid groups (broad SMARTS) is 2. The van der Waals surface area contributed by atoms with Gasteiger partial charge in [0.05, 0.1) is 11.1 Å². The Morgan fingerprint density at radius 2 is 0.976 bits per heavy atom. The number of hydrogen-bond acceptors (Lipinski definition) is 6. The molecule has 0 spiro atoms. The Labute approximate surface area is 247 Å². The number of aromatic carboxylic acids is 2. The molecule has 0 saturated heterocycles. The molecule has 0 amide bonds. The van der Waals surface area contributed by atoms with E-state index in [4.69, 9.17) is 22.9 Å². The van der Waals surface area contributed by atoms with Crippen LogP contribution in [-0.4, -0.2) is 22.2 Å². The highest BCUT2D eigenvalue weighted by molar-refractivity contribution is 5.90. The summed E-state index contributed by atoms with van der Waals surface area (Å²) in [7, 11) is 0. The summed E-state index contributed by atoms with van der Waals surface area (Å²) in [5.74, 6) is -2.01. The first kappa shape index (κ1) is 31.5. The zero-order chi connectivity index (χ0) is 30.8. The molecule has 10 N–H and O–H groups in total. The third-order valence-corrected chi connectivity index (χ3v) is 7.20. The van der Waals surface area contributed by atoms with E-state index >= 15 is 0 Å². The maximum absolute atomic E-state index is 11.2. The van der Waals surface area contributed by atoms with E-state index in [0.717, 1.165) is 30.6 Å². The zero-order valence-electron chi connectivity index (χ0n) is 24.2. The van der Waals surface area contributed by atoms with Gasteiger partial charge in [-0.15, -0.1) is 0 Å². The molecule has 0 fully saturated rings. The van der Waals surface area contributed by atoms with Crippen molar-refractivity contribution in [2.24, 2.45) is 0 Å². The summed E-state index contributed by atoms with van der Waals surface area (Å²) in [5, 5.41) is 18.4. The van der Waals surface area contributed by atoms with E-state index in [2.05, 4.69) is 38.1 Å². The van der Waals surface area contributed by atoms with Gasteiger partial charge in [0.2, 0.25) is 0 Å². The molecule has 42 heavy (non-hydrogen) atoms. The minimum absolute atomic E-state index is 0.213. The molecule has 8 heteroatoms. The van der Waals surface area contributed by atoms with Gasteiger partial charge in [0, 0.05) is 22.7 Å². The molecular formula is C34H40N4O4. The molecule has 0 aromatic heterocycles. The number of carboxylic acids is 2. The van der Waals surface area contributed by atoms with Crippen molar-refractivity contribution in [1.29, 1.82) is 0 Å². The molecule has 0 heterocycles. The van der Waals surface area contributed by atoms with Gasteiger partial charge in [0.1, 0.15) is 0 Å². The lowest BCUT2D eigenvalue weighted by molar-refractivity contribution is 0.0685. The minimum Gasteiger partial charge on any atom is -0.478 e. The van der Waals surface area contributed by atoms with Crippen LogP contribution >= 0.6 is 0 Å². The first-order valence-electron chi connectivity index (χ1n) is 14.0. The van der Waals surface area contributed by atoms with Crippen LogP contribution in [-0.2, 0) is 32.1 Å². The third kappa shape index (κ3) is 8.51. The SMILES string of the molecule is CCc1cc(Cc2ccc(N)c(CC)c2)ccc1N.Nc1ccc(C(=O)O)c(CCCc2cc(N)ccc2C(=O)O)c1. The molecule has 0 atom stereocenters. The minimum atomic E-state index is -1.00. The molecule has 0 aliphatic rings. The predicted molar refractivity (Wildman–Crippen MR) is 171 cm³/mol. The number of nitrogens with two attached hydrogens (primary N) is 4. The molecule has 220 valence electrons. The topological polar surface area (TPSA) is 179 Å². The zero-order valence-corrected chi connectivity index (χ0v) is 24.2. The average molecular weight is 569 g/mol. The van der Waals surface area contributed by atoms with Crippen LogP contribution in [0.5, 0.6) is 0 Å². The van der Waals surface area contributed by atoms with Gasteiger partial charge in [0.15, 0.2) is 0 Å². The summed E-state index contributed by atoms with van der Waals surface area (Å²) < 4.78 is 0. The van der Waals surface area contributed by atoms with Crippen molar-refractivity contribution in [3.05, 3.63) is 117 Å². The summed E-state index contributed by atoms with van der Waals surface area (Å²) in [6, 6.07) is 22.0. The van der Waals surface area contributed by atoms with E-state index in [1.54, 1.807) is 24.3 Å². The van der Waals surface area contributed by atoms with Crippen LogP contribution in [0.25, 0.3) is 0 Å². The van der Waals surface area contributed by atoms with E-state index < -0.39 is 11.9 Å². The molecule has 0 radical (unpaired) electrons. The number of anilines is 4. The summed E-state index contributed by atoms with van der Waals surface area (Å²) in [6.07, 6.45) is 4.44. The number of nitrogen functional groups attached to an aromatic ring is 4. The van der Waals surface area contributed by atoms with Crippen molar-refractivity contribution < 1.29 is 19.8 Å². The average Bonchev–Trinajstić information content (AvgIpc) is 2.95. The molecule has 0 unspecified atom stereocenters. The van der Waals surface area contributed by atoms with Crippen LogP contribution in [0.4, 0.5) is 22.7 Å². The molecule has 4 aromatic carbocycles. The molecular weight excluding hydrogens is 528 g/mol. The van der Waals surface area contributed by atoms with Gasteiger partial charge in [-0.25, -0.2) is 9.59 Å². The molecule has 8 nitrogen and oxygen atoms in total. The van der Waals surface area contributed by atoms with Gasteiger partial charge >= 0.3 is 11.9 Å². The lowest BCUT2D eigenvalue weighted by atomic mass is 9.97. The summed E-state index contributed by atoms with van der Waals surface area (Å²) in [6.45, 7) is 4.27. The van der Waals surface area contributed by atoms with Gasteiger partial charge in [-0.2, -0.15) is 0 Å². The molecule has 0 saturated carbocycles. The number of hydrogen-bond donors (Lipinski definition) is 6. The smallest absolute Gasteiger partial charge is 0.335 e. The predicted octanol–water partition coefficient (Wildman–Crippen LogP) is 5.99. The normalized spacial score (nSPS) is 10.5. The Bertz CT molecular complexity index is 1450. The monoisotopic (exact) mass is 568 g/mol. The number of carbonyl (C=O) groups is 2. The second kappa shape index (κ2) is 14.6. The molecule has 0 aliphatic carbocycles. The fourth-order valence-electron chi connectivity index (χ4n) is 4.91. The van der Waals surface area contributed by atoms with Gasteiger partial charge in [0.25, 0.3) is 0 Å². The Hall–Kier alpha value is -4.98. The Morgan fingerprint density at radius 1 is 0.571 bits per heavy atom. The maximum atomic E-state index is 11.2. The lowest BCUT2D eigenvalue weighted by Crippen LogP contribution is -2.06. The van der Waals surface area contributed by atoms with Crippen LogP contribution in [0.3, 0.4) is 0 Å². The van der Waals surface area contributed by atoms with E-state index in [1.165, 1.54) is 34.4 Å². The Kier molecular flexibility index (Phi) is 11.0. The second-order valence-electron chi connectivity index (χ2n) is 10.2. The highest BCUT2D eigenvalue weighted by Crippen LogP contribution is 2.22. The summed E-state index contributed by atoms with van der Waals surface area (Å²) in [4.78, 5) is 22.4. The highest BCUT2D eigenvalue weighted by atomic mass is 16.4. The van der Waals surface area contributed by atoms with Crippen LogP contribution in [0.2, 0.25) is 0 Å². The van der Waals surface area contributed by atoms with Gasteiger partial charge in [-0.3, -0.25) is 0 Å². The van der Waals surface area contributed by atoms with Crippen molar-refractivity contribution in [3.63, 3.8) is 0 Å². The van der Waals surface area contributed by atoms with Crippen molar-refractivity contribution in [3.8, 4) is 0 Å². The molecule has 0 bridgehead atoms. The van der Waals surface area contributed by atoms with Crippen molar-refractivity contribution >= 4 is 34.7 Å². The van der Waals surface area contributed by atoms with Gasteiger partial charge in [-0.1, -0.05) is 38.1 Å². The molecule has 4 rings (SSSR count). The van der Waals surface area contributed by atoms with E-state index in [-0.39, 0.29) is 11.1 Å². The molecule has 4 aromatic rings. The Balaban J connectivity index is 0.000000235. The number of benzene rings is 4. The first-order valence-corrected chi connectivity index (χ1v) is 14.0. The maximum Gasteiger partial charge on any atom is 0.335 e. The molecule has 0 aliphatic heterocycles. The standard InChI is InChI=1S/C17H18N2O4.C17H22N2/c18-12-4-6-14(16(20)21)10(8-12)2-1-3-11-9-13(19)5-7-15(11)17(22)23;1-3-14-10-12(5-7-16(14)18)9-13-6-8-17(19)15(4-2)11-13/h4-9H,1-3,18-19H2,(H,20,21)(H,22,23);5-8,10-11H,3-4,9,18-19H2,1-2H3. The first-order chi connectivity index (χ1) is 20.0. The van der Waals surface area contributed by atoms with E-state index in [9.17, 15) is 19.8 Å². The number of aryl methyl sites for hydroxylation is 4. The third-order valence-electron chi connectivity index (χ3n) is 7.20. The van der Waals surface area contributed by atoms with Crippen molar-refractivity contribution in [2.75, 3.05) is 22.9 Å². The van der Waals surface area contributed by atoms with Gasteiger partial charge < -0.3 is 33.1 Å². The van der Waals surface area contributed by atoms with Crippen LogP contribution in [0, 0.1) is 0 Å².